The molecule has 0 heterocycles. The van der Waals surface area contributed by atoms with Gasteiger partial charge in [0, 0.05) is 26.3 Å². The predicted octanol–water partition coefficient (Wildman–Crippen LogP) is 0.635. The molecular formula is C12H28N4O2. The highest BCUT2D eigenvalue weighted by Crippen LogP contribution is 1.95. The quantitative estimate of drug-likeness (QED) is 0.186. The van der Waals surface area contributed by atoms with Crippen molar-refractivity contribution in [3.8, 4) is 0 Å². The normalized spacial score (nSPS) is 13.8. The molecule has 0 aromatic carbocycles. The van der Waals surface area contributed by atoms with Crippen molar-refractivity contribution in [2.24, 2.45) is 10.8 Å². The van der Waals surface area contributed by atoms with Crippen molar-refractivity contribution in [1.82, 2.24) is 10.7 Å². The van der Waals surface area contributed by atoms with Gasteiger partial charge < -0.3 is 14.8 Å². The van der Waals surface area contributed by atoms with E-state index < -0.39 is 0 Å². The number of nitrogens with zero attached hydrogens (tertiary/aromatic N) is 1. The summed E-state index contributed by atoms with van der Waals surface area (Å²) in [6, 6.07) is 0.175. The van der Waals surface area contributed by atoms with Crippen LogP contribution in [0.25, 0.3) is 0 Å². The second kappa shape index (κ2) is 11.3. The molecule has 1 atom stereocenters. The van der Waals surface area contributed by atoms with Crippen molar-refractivity contribution >= 4 is 5.96 Å². The van der Waals surface area contributed by atoms with E-state index in [1.54, 1.807) is 7.11 Å². The number of ether oxygens (including phenoxy) is 2. The molecule has 0 saturated carbocycles. The summed E-state index contributed by atoms with van der Waals surface area (Å²) in [5.41, 5.74) is 2.55. The zero-order valence-electron chi connectivity index (χ0n) is 12.0. The lowest BCUT2D eigenvalue weighted by Gasteiger charge is -2.15. The molecule has 0 bridgehead atoms. The molecule has 0 fully saturated rings. The Hall–Kier alpha value is -0.850. The number of guanidine groups is 1. The summed E-state index contributed by atoms with van der Waals surface area (Å²) in [4.78, 5) is 4.34. The molecule has 18 heavy (non-hydrogen) atoms. The average molecular weight is 260 g/mol. The van der Waals surface area contributed by atoms with Crippen LogP contribution in [0.4, 0.5) is 0 Å². The second-order valence-corrected chi connectivity index (χ2v) is 4.50. The zero-order valence-corrected chi connectivity index (χ0v) is 12.0. The largest absolute Gasteiger partial charge is 0.383 e. The number of hydrogen-bond donors (Lipinski definition) is 3. The molecule has 0 rings (SSSR count). The fourth-order valence-electron chi connectivity index (χ4n) is 1.38. The van der Waals surface area contributed by atoms with Gasteiger partial charge in [0.1, 0.15) is 0 Å². The first-order chi connectivity index (χ1) is 8.60. The van der Waals surface area contributed by atoms with Crippen LogP contribution in [0.2, 0.25) is 0 Å². The number of nitrogens with one attached hydrogen (secondary N) is 2. The van der Waals surface area contributed by atoms with Gasteiger partial charge in [0.05, 0.1) is 12.7 Å². The van der Waals surface area contributed by atoms with E-state index in [1.807, 2.05) is 20.8 Å². The molecule has 0 aromatic heterocycles. The Bertz CT molecular complexity index is 222. The molecule has 0 aliphatic carbocycles. The molecule has 1 unspecified atom stereocenters. The SMILES string of the molecule is COCC(C)NC(=NCCCCOC(C)C)NN. The fourth-order valence-corrected chi connectivity index (χ4v) is 1.38. The van der Waals surface area contributed by atoms with Gasteiger partial charge in [-0.15, -0.1) is 0 Å². The van der Waals surface area contributed by atoms with Crippen LogP contribution in [0.15, 0.2) is 4.99 Å². The Morgan fingerprint density at radius 2 is 2.00 bits per heavy atom. The van der Waals surface area contributed by atoms with E-state index in [2.05, 4.69) is 15.7 Å². The van der Waals surface area contributed by atoms with Crippen molar-refractivity contribution in [2.45, 2.75) is 45.8 Å². The third kappa shape index (κ3) is 10.3. The van der Waals surface area contributed by atoms with Gasteiger partial charge in [0.15, 0.2) is 0 Å². The predicted molar refractivity (Wildman–Crippen MR) is 74.4 cm³/mol. The maximum Gasteiger partial charge on any atom is 0.206 e. The van der Waals surface area contributed by atoms with Crippen LogP contribution < -0.4 is 16.6 Å². The summed E-state index contributed by atoms with van der Waals surface area (Å²) in [6.45, 7) is 8.21. The standard InChI is InChI=1S/C12H28N4O2/c1-10(2)18-8-6-5-7-14-12(16-13)15-11(3)9-17-4/h10-11H,5-9,13H2,1-4H3,(H2,14,15,16). The number of hydrogen-bond acceptors (Lipinski definition) is 4. The highest BCUT2D eigenvalue weighted by molar-refractivity contribution is 5.79. The summed E-state index contributed by atoms with van der Waals surface area (Å²) in [7, 11) is 1.67. The Balaban J connectivity index is 3.70. The minimum Gasteiger partial charge on any atom is -0.383 e. The molecule has 0 spiro atoms. The van der Waals surface area contributed by atoms with Gasteiger partial charge in [-0.25, -0.2) is 5.84 Å². The Morgan fingerprint density at radius 1 is 1.28 bits per heavy atom. The first-order valence-corrected chi connectivity index (χ1v) is 6.48. The second-order valence-electron chi connectivity index (χ2n) is 4.50. The van der Waals surface area contributed by atoms with Crippen LogP contribution in [0.1, 0.15) is 33.6 Å². The molecular weight excluding hydrogens is 232 g/mol. The average Bonchev–Trinajstić information content (AvgIpc) is 2.31. The number of unbranched alkanes of at least 4 members (excludes halogenated alkanes) is 1. The van der Waals surface area contributed by atoms with Crippen molar-refractivity contribution in [3.63, 3.8) is 0 Å². The maximum atomic E-state index is 5.45. The van der Waals surface area contributed by atoms with Crippen molar-refractivity contribution in [2.75, 3.05) is 26.9 Å². The number of nitrogens with two attached hydrogens (primary N) is 1. The molecule has 0 aromatic rings. The topological polar surface area (TPSA) is 80.9 Å². The molecule has 0 saturated heterocycles. The number of methoxy groups -OCH3 is 1. The van der Waals surface area contributed by atoms with Crippen molar-refractivity contribution in [1.29, 1.82) is 0 Å². The number of aliphatic imine (C=N–C) groups is 1. The van der Waals surface area contributed by atoms with Gasteiger partial charge in [0.2, 0.25) is 5.96 Å². The Labute approximate surface area is 110 Å². The molecule has 4 N–H and O–H groups in total. The fraction of sp³-hybridized carbons (Fsp3) is 0.917. The van der Waals surface area contributed by atoms with Crippen LogP contribution >= 0.6 is 0 Å². The zero-order chi connectivity index (χ0) is 13.8. The van der Waals surface area contributed by atoms with Crippen molar-refractivity contribution in [3.05, 3.63) is 0 Å². The monoisotopic (exact) mass is 260 g/mol. The van der Waals surface area contributed by atoms with Crippen LogP contribution in [0.3, 0.4) is 0 Å². The lowest BCUT2D eigenvalue weighted by molar-refractivity contribution is 0.0763. The smallest absolute Gasteiger partial charge is 0.206 e. The number of hydrazine groups is 1. The Morgan fingerprint density at radius 3 is 2.56 bits per heavy atom. The summed E-state index contributed by atoms with van der Waals surface area (Å²) in [6.07, 6.45) is 2.29. The molecule has 6 nitrogen and oxygen atoms in total. The van der Waals surface area contributed by atoms with E-state index in [4.69, 9.17) is 15.3 Å². The number of rotatable bonds is 9. The highest BCUT2D eigenvalue weighted by atomic mass is 16.5. The maximum absolute atomic E-state index is 5.45. The lowest BCUT2D eigenvalue weighted by atomic mass is 10.3. The first kappa shape index (κ1) is 17.2. The van der Waals surface area contributed by atoms with E-state index in [0.29, 0.717) is 18.7 Å². The van der Waals surface area contributed by atoms with E-state index in [0.717, 1.165) is 26.0 Å². The molecule has 6 heteroatoms. The van der Waals surface area contributed by atoms with Gasteiger partial charge >= 0.3 is 0 Å². The summed E-state index contributed by atoms with van der Waals surface area (Å²) >= 11 is 0. The molecule has 0 aliphatic rings. The Kier molecular flexibility index (Phi) is 10.7. The van der Waals surface area contributed by atoms with Gasteiger partial charge in [-0.3, -0.25) is 10.4 Å². The van der Waals surface area contributed by atoms with Crippen LogP contribution in [0.5, 0.6) is 0 Å². The molecule has 0 amide bonds. The summed E-state index contributed by atoms with van der Waals surface area (Å²) in [5.74, 6) is 5.99. The van der Waals surface area contributed by atoms with E-state index in [1.165, 1.54) is 0 Å². The van der Waals surface area contributed by atoms with Crippen molar-refractivity contribution < 1.29 is 9.47 Å². The third-order valence-corrected chi connectivity index (χ3v) is 2.21. The van der Waals surface area contributed by atoms with E-state index in [9.17, 15) is 0 Å². The molecule has 0 aliphatic heterocycles. The minimum absolute atomic E-state index is 0.175. The van der Waals surface area contributed by atoms with Gasteiger partial charge in [-0.2, -0.15) is 0 Å². The molecule has 0 radical (unpaired) electrons. The lowest BCUT2D eigenvalue weighted by Crippen LogP contribution is -2.46. The van der Waals surface area contributed by atoms with Gasteiger partial charge in [-0.1, -0.05) is 0 Å². The van der Waals surface area contributed by atoms with Crippen LogP contribution in [-0.2, 0) is 9.47 Å². The minimum atomic E-state index is 0.175. The highest BCUT2D eigenvalue weighted by Gasteiger charge is 2.03. The first-order valence-electron chi connectivity index (χ1n) is 6.48. The van der Waals surface area contributed by atoms with Crippen LogP contribution in [-0.4, -0.2) is 45.0 Å². The van der Waals surface area contributed by atoms with E-state index >= 15 is 0 Å². The van der Waals surface area contributed by atoms with Crippen LogP contribution in [0, 0.1) is 0 Å². The molecule has 108 valence electrons. The summed E-state index contributed by atoms with van der Waals surface area (Å²) in [5, 5.41) is 3.13. The third-order valence-electron chi connectivity index (χ3n) is 2.21. The van der Waals surface area contributed by atoms with Gasteiger partial charge in [-0.05, 0) is 33.6 Å². The van der Waals surface area contributed by atoms with E-state index in [-0.39, 0.29) is 6.04 Å². The summed E-state index contributed by atoms with van der Waals surface area (Å²) < 4.78 is 10.5. The van der Waals surface area contributed by atoms with Gasteiger partial charge in [0.25, 0.3) is 0 Å².